The number of para-hydroxylation sites is 1. The molecule has 2 aromatic carbocycles. The second-order valence-electron chi connectivity index (χ2n) is 7.06. The maximum Gasteiger partial charge on any atom is 0.178 e. The number of benzene rings is 2. The fourth-order valence-corrected chi connectivity index (χ4v) is 3.46. The third kappa shape index (κ3) is 3.92. The molecule has 0 fully saturated rings. The van der Waals surface area contributed by atoms with Gasteiger partial charge in [0.2, 0.25) is 0 Å². The topological polar surface area (TPSA) is 64.6 Å². The SMILES string of the molecule is COc1ccccc1CNc1c(-c2ccc(C#Cc3ccccc3)o2)nc2cnccn12. The molecule has 0 saturated heterocycles. The molecule has 6 heteroatoms. The zero-order valence-electron chi connectivity index (χ0n) is 17.4. The van der Waals surface area contributed by atoms with Crippen LogP contribution < -0.4 is 10.1 Å². The minimum Gasteiger partial charge on any atom is -0.496 e. The van der Waals surface area contributed by atoms with Gasteiger partial charge >= 0.3 is 0 Å². The van der Waals surface area contributed by atoms with E-state index < -0.39 is 0 Å². The molecule has 0 aliphatic rings. The lowest BCUT2D eigenvalue weighted by atomic mass is 10.2. The summed E-state index contributed by atoms with van der Waals surface area (Å²) in [5.41, 5.74) is 3.39. The first-order chi connectivity index (χ1) is 15.8. The minimum atomic E-state index is 0.564. The van der Waals surface area contributed by atoms with Gasteiger partial charge in [-0.25, -0.2) is 4.98 Å². The highest BCUT2D eigenvalue weighted by Crippen LogP contribution is 2.31. The summed E-state index contributed by atoms with van der Waals surface area (Å²) in [4.78, 5) is 8.92. The van der Waals surface area contributed by atoms with E-state index in [0.717, 1.165) is 28.3 Å². The Morgan fingerprint density at radius 3 is 2.72 bits per heavy atom. The molecule has 0 atom stereocenters. The predicted molar refractivity (Wildman–Crippen MR) is 123 cm³/mol. The van der Waals surface area contributed by atoms with Crippen LogP contribution in [0.1, 0.15) is 16.9 Å². The van der Waals surface area contributed by atoms with Crippen molar-refractivity contribution < 1.29 is 9.15 Å². The van der Waals surface area contributed by atoms with Gasteiger partial charge in [0.25, 0.3) is 0 Å². The smallest absolute Gasteiger partial charge is 0.178 e. The van der Waals surface area contributed by atoms with Crippen molar-refractivity contribution in [2.24, 2.45) is 0 Å². The molecule has 0 aliphatic heterocycles. The van der Waals surface area contributed by atoms with E-state index in [0.29, 0.717) is 23.8 Å². The van der Waals surface area contributed by atoms with Crippen molar-refractivity contribution in [2.75, 3.05) is 12.4 Å². The second kappa shape index (κ2) is 8.70. The first-order valence-electron chi connectivity index (χ1n) is 10.2. The van der Waals surface area contributed by atoms with Crippen molar-refractivity contribution in [3.8, 4) is 29.0 Å². The fourth-order valence-electron chi connectivity index (χ4n) is 3.46. The third-order valence-corrected chi connectivity index (χ3v) is 5.01. The highest BCUT2D eigenvalue weighted by Gasteiger charge is 2.17. The van der Waals surface area contributed by atoms with Gasteiger partial charge < -0.3 is 14.5 Å². The molecule has 0 saturated carbocycles. The largest absolute Gasteiger partial charge is 0.496 e. The quantitative estimate of drug-likeness (QED) is 0.405. The van der Waals surface area contributed by atoms with Crippen molar-refractivity contribution in [1.82, 2.24) is 14.4 Å². The zero-order valence-corrected chi connectivity index (χ0v) is 17.4. The van der Waals surface area contributed by atoms with E-state index in [1.807, 2.05) is 77.3 Å². The molecule has 3 aromatic heterocycles. The summed E-state index contributed by atoms with van der Waals surface area (Å²) in [6.07, 6.45) is 5.32. The lowest BCUT2D eigenvalue weighted by Gasteiger charge is -2.11. The molecule has 3 heterocycles. The summed E-state index contributed by atoms with van der Waals surface area (Å²) < 4.78 is 13.5. The van der Waals surface area contributed by atoms with E-state index in [4.69, 9.17) is 14.1 Å². The van der Waals surface area contributed by atoms with Gasteiger partial charge in [0, 0.05) is 30.1 Å². The molecule has 5 rings (SSSR count). The maximum atomic E-state index is 6.02. The van der Waals surface area contributed by atoms with E-state index in [1.165, 1.54) is 0 Å². The Bertz CT molecular complexity index is 1420. The summed E-state index contributed by atoms with van der Waals surface area (Å²) in [7, 11) is 1.67. The number of hydrogen-bond acceptors (Lipinski definition) is 5. The minimum absolute atomic E-state index is 0.564. The number of hydrogen-bond donors (Lipinski definition) is 1. The summed E-state index contributed by atoms with van der Waals surface area (Å²) >= 11 is 0. The molecule has 5 aromatic rings. The number of fused-ring (bicyclic) bond motifs is 1. The molecule has 0 amide bonds. The highest BCUT2D eigenvalue weighted by atomic mass is 16.5. The first-order valence-corrected chi connectivity index (χ1v) is 10.2. The van der Waals surface area contributed by atoms with Crippen molar-refractivity contribution in [2.45, 2.75) is 6.54 Å². The number of nitrogens with one attached hydrogen (secondary N) is 1. The molecule has 1 N–H and O–H groups in total. The Balaban J connectivity index is 1.48. The number of anilines is 1. The van der Waals surface area contributed by atoms with E-state index in [2.05, 4.69) is 22.1 Å². The van der Waals surface area contributed by atoms with Gasteiger partial charge in [0.1, 0.15) is 17.3 Å². The average Bonchev–Trinajstić information content (AvgIpc) is 3.47. The number of rotatable bonds is 5. The average molecular weight is 420 g/mol. The van der Waals surface area contributed by atoms with Crippen molar-refractivity contribution in [1.29, 1.82) is 0 Å². The Hall–Kier alpha value is -4.50. The van der Waals surface area contributed by atoms with Gasteiger partial charge in [0.05, 0.1) is 13.3 Å². The van der Waals surface area contributed by atoms with Crippen molar-refractivity contribution in [3.05, 3.63) is 102 Å². The number of methoxy groups -OCH3 is 1. The van der Waals surface area contributed by atoms with Crippen LogP contribution in [0.4, 0.5) is 5.82 Å². The summed E-state index contributed by atoms with van der Waals surface area (Å²) in [6, 6.07) is 21.5. The van der Waals surface area contributed by atoms with Crippen LogP contribution in [0.25, 0.3) is 17.1 Å². The van der Waals surface area contributed by atoms with Gasteiger partial charge in [-0.15, -0.1) is 0 Å². The molecule has 0 bridgehead atoms. The number of nitrogens with zero attached hydrogens (tertiary/aromatic N) is 3. The number of ether oxygens (including phenoxy) is 1. The molecule has 0 aliphatic carbocycles. The number of furan rings is 1. The molecule has 0 unspecified atom stereocenters. The normalized spacial score (nSPS) is 10.5. The maximum absolute atomic E-state index is 6.02. The molecule has 6 nitrogen and oxygen atoms in total. The standard InChI is InChI=1S/C26H20N4O2/c1-31-22-10-6-5-9-20(22)17-28-26-25(29-24-18-27-15-16-30(24)26)23-14-13-21(32-23)12-11-19-7-3-2-4-8-19/h2-10,13-16,18,28H,17H2,1H3. The Kier molecular flexibility index (Phi) is 5.29. The van der Waals surface area contributed by atoms with Crippen LogP contribution in [0.3, 0.4) is 0 Å². The molecule has 0 radical (unpaired) electrons. The Morgan fingerprint density at radius 2 is 1.84 bits per heavy atom. The number of aromatic nitrogens is 3. The summed E-state index contributed by atoms with van der Waals surface area (Å²) in [6.45, 7) is 0.564. The van der Waals surface area contributed by atoms with Crippen LogP contribution in [-0.4, -0.2) is 21.5 Å². The monoisotopic (exact) mass is 420 g/mol. The summed E-state index contributed by atoms with van der Waals surface area (Å²) in [5.74, 6) is 9.04. The van der Waals surface area contributed by atoms with Crippen LogP contribution in [0.2, 0.25) is 0 Å². The van der Waals surface area contributed by atoms with Gasteiger partial charge in [-0.1, -0.05) is 42.3 Å². The number of imidazole rings is 1. The lowest BCUT2D eigenvalue weighted by molar-refractivity contribution is 0.410. The predicted octanol–water partition coefficient (Wildman–Crippen LogP) is 5.01. The summed E-state index contributed by atoms with van der Waals surface area (Å²) in [5, 5.41) is 3.49. The van der Waals surface area contributed by atoms with Crippen LogP contribution in [-0.2, 0) is 6.54 Å². The molecule has 0 spiro atoms. The van der Waals surface area contributed by atoms with Crippen LogP contribution in [0.5, 0.6) is 5.75 Å². The van der Waals surface area contributed by atoms with Crippen LogP contribution >= 0.6 is 0 Å². The second-order valence-corrected chi connectivity index (χ2v) is 7.06. The van der Waals surface area contributed by atoms with Crippen molar-refractivity contribution >= 4 is 11.5 Å². The first kappa shape index (κ1) is 19.5. The lowest BCUT2D eigenvalue weighted by Crippen LogP contribution is -2.04. The third-order valence-electron chi connectivity index (χ3n) is 5.01. The fraction of sp³-hybridized carbons (Fsp3) is 0.0769. The zero-order chi connectivity index (χ0) is 21.8. The van der Waals surface area contributed by atoms with Crippen molar-refractivity contribution in [3.63, 3.8) is 0 Å². The highest BCUT2D eigenvalue weighted by molar-refractivity contribution is 5.73. The molecule has 156 valence electrons. The molecule has 32 heavy (non-hydrogen) atoms. The van der Waals surface area contributed by atoms with Crippen LogP contribution in [0, 0.1) is 11.8 Å². The van der Waals surface area contributed by atoms with Gasteiger partial charge in [0.15, 0.2) is 17.2 Å². The van der Waals surface area contributed by atoms with E-state index in [9.17, 15) is 0 Å². The van der Waals surface area contributed by atoms with E-state index in [1.54, 1.807) is 19.5 Å². The Labute approximate surface area is 185 Å². The van der Waals surface area contributed by atoms with Gasteiger partial charge in [-0.2, -0.15) is 0 Å². The van der Waals surface area contributed by atoms with Gasteiger partial charge in [-0.05, 0) is 36.3 Å². The van der Waals surface area contributed by atoms with Crippen LogP contribution in [0.15, 0.2) is 89.7 Å². The Morgan fingerprint density at radius 1 is 1.00 bits per heavy atom. The molecular weight excluding hydrogens is 400 g/mol. The van der Waals surface area contributed by atoms with Gasteiger partial charge in [-0.3, -0.25) is 9.38 Å². The van der Waals surface area contributed by atoms with E-state index >= 15 is 0 Å². The van der Waals surface area contributed by atoms with E-state index in [-0.39, 0.29) is 0 Å². The molecular formula is C26H20N4O2.